The zero-order chi connectivity index (χ0) is 13.2. The summed E-state index contributed by atoms with van der Waals surface area (Å²) in [5, 5.41) is 0. The van der Waals surface area contributed by atoms with Gasteiger partial charge in [-0.1, -0.05) is 18.2 Å². The molecule has 3 nitrogen and oxygen atoms in total. The molecule has 0 saturated carbocycles. The Labute approximate surface area is 116 Å². The van der Waals surface area contributed by atoms with Crippen LogP contribution in [0.3, 0.4) is 0 Å². The Balaban J connectivity index is 1.77. The second-order valence-electron chi connectivity index (χ2n) is 5.59. The maximum Gasteiger partial charge on any atom is 0.127 e. The Morgan fingerprint density at radius 3 is 2.95 bits per heavy atom. The molecule has 0 saturated heterocycles. The van der Waals surface area contributed by atoms with Crippen LogP contribution in [0.5, 0.6) is 11.5 Å². The summed E-state index contributed by atoms with van der Waals surface area (Å²) in [5.74, 6) is 1.91. The fraction of sp³-hybridized carbons (Fsp3) is 0.235. The first-order valence-electron chi connectivity index (χ1n) is 6.95. The first-order valence-corrected chi connectivity index (χ1v) is 6.95. The average molecular weight is 263 g/mol. The molecule has 3 aliphatic heterocycles. The molecule has 1 atom stereocenters. The Morgan fingerprint density at radius 1 is 1.00 bits per heavy atom. The molecule has 3 heterocycles. The van der Waals surface area contributed by atoms with E-state index in [0.29, 0.717) is 6.61 Å². The van der Waals surface area contributed by atoms with Gasteiger partial charge in [0, 0.05) is 24.3 Å². The average Bonchev–Trinajstić information content (AvgIpc) is 3.17. The van der Waals surface area contributed by atoms with Crippen LogP contribution in [0, 0.1) is 0 Å². The summed E-state index contributed by atoms with van der Waals surface area (Å²) in [6.07, 6.45) is 3.03. The van der Waals surface area contributed by atoms with Gasteiger partial charge in [0.05, 0.1) is 17.7 Å². The van der Waals surface area contributed by atoms with Gasteiger partial charge >= 0.3 is 0 Å². The number of nitrogens with zero attached hydrogens (tertiary/aromatic N) is 1. The minimum absolute atomic E-state index is 0.205. The fourth-order valence-corrected chi connectivity index (χ4v) is 3.49. The SMILES string of the molecule is C1=Nc2ccccc2[C@@]12COc1cc3c(cc12)CCO3. The van der Waals surface area contributed by atoms with Crippen molar-refractivity contribution < 1.29 is 9.47 Å². The highest BCUT2D eigenvalue weighted by atomic mass is 16.5. The zero-order valence-corrected chi connectivity index (χ0v) is 10.9. The lowest BCUT2D eigenvalue weighted by Gasteiger charge is -2.20. The number of benzene rings is 2. The minimum atomic E-state index is -0.205. The lowest BCUT2D eigenvalue weighted by molar-refractivity contribution is 0.323. The smallest absolute Gasteiger partial charge is 0.127 e. The number of fused-ring (bicyclic) bond motifs is 5. The predicted octanol–water partition coefficient (Wildman–Crippen LogP) is 3.02. The largest absolute Gasteiger partial charge is 0.493 e. The molecule has 0 fully saturated rings. The molecule has 0 aliphatic carbocycles. The number of para-hydroxylation sites is 1. The van der Waals surface area contributed by atoms with Gasteiger partial charge in [0.25, 0.3) is 0 Å². The first kappa shape index (κ1) is 10.5. The molecular formula is C17H13NO2. The first-order chi connectivity index (χ1) is 9.87. The van der Waals surface area contributed by atoms with E-state index in [1.807, 2.05) is 18.3 Å². The third-order valence-corrected chi connectivity index (χ3v) is 4.54. The standard InChI is InChI=1S/C17H13NO2/c1-2-4-14-12(3-1)17(9-18-14)10-20-16-8-15-11(5-6-19-15)7-13(16)17/h1-4,7-9H,5-6,10H2/t17-/m0/s1. The van der Waals surface area contributed by atoms with Crippen LogP contribution >= 0.6 is 0 Å². The van der Waals surface area contributed by atoms with Crippen molar-refractivity contribution in [3.8, 4) is 11.5 Å². The van der Waals surface area contributed by atoms with E-state index < -0.39 is 0 Å². The summed E-state index contributed by atoms with van der Waals surface area (Å²) in [4.78, 5) is 4.59. The van der Waals surface area contributed by atoms with E-state index in [1.54, 1.807) is 0 Å². The molecule has 3 heteroatoms. The van der Waals surface area contributed by atoms with Crippen molar-refractivity contribution in [3.63, 3.8) is 0 Å². The third-order valence-electron chi connectivity index (χ3n) is 4.54. The highest BCUT2D eigenvalue weighted by Crippen LogP contribution is 2.50. The molecule has 20 heavy (non-hydrogen) atoms. The van der Waals surface area contributed by atoms with Crippen LogP contribution in [-0.4, -0.2) is 19.4 Å². The third kappa shape index (κ3) is 1.14. The van der Waals surface area contributed by atoms with Crippen molar-refractivity contribution >= 4 is 11.9 Å². The summed E-state index contributed by atoms with van der Waals surface area (Å²) in [5.41, 5.74) is 4.61. The topological polar surface area (TPSA) is 30.8 Å². The van der Waals surface area contributed by atoms with Crippen molar-refractivity contribution in [2.75, 3.05) is 13.2 Å². The molecule has 0 N–H and O–H groups in total. The number of rotatable bonds is 0. The molecule has 0 aromatic heterocycles. The molecule has 0 radical (unpaired) electrons. The van der Waals surface area contributed by atoms with Crippen molar-refractivity contribution in [2.24, 2.45) is 4.99 Å². The maximum atomic E-state index is 5.95. The van der Waals surface area contributed by atoms with Crippen LogP contribution in [0.2, 0.25) is 0 Å². The van der Waals surface area contributed by atoms with Crippen LogP contribution in [0.4, 0.5) is 5.69 Å². The Kier molecular flexibility index (Phi) is 1.80. The van der Waals surface area contributed by atoms with Crippen molar-refractivity contribution in [1.82, 2.24) is 0 Å². The predicted molar refractivity (Wildman–Crippen MR) is 76.5 cm³/mol. The molecule has 0 bridgehead atoms. The van der Waals surface area contributed by atoms with Crippen molar-refractivity contribution in [3.05, 3.63) is 53.1 Å². The molecule has 2 aromatic carbocycles. The van der Waals surface area contributed by atoms with Gasteiger partial charge in [-0.25, -0.2) is 0 Å². The number of hydrogen-bond acceptors (Lipinski definition) is 3. The Hall–Kier alpha value is -2.29. The molecule has 1 spiro atoms. The minimum Gasteiger partial charge on any atom is -0.493 e. The van der Waals surface area contributed by atoms with E-state index in [4.69, 9.17) is 9.47 Å². The highest BCUT2D eigenvalue weighted by Gasteiger charge is 2.45. The van der Waals surface area contributed by atoms with E-state index in [1.165, 1.54) is 16.7 Å². The van der Waals surface area contributed by atoms with Gasteiger partial charge < -0.3 is 9.47 Å². The monoisotopic (exact) mass is 263 g/mol. The number of ether oxygens (including phenoxy) is 2. The van der Waals surface area contributed by atoms with Gasteiger partial charge in [-0.15, -0.1) is 0 Å². The van der Waals surface area contributed by atoms with Crippen LogP contribution < -0.4 is 9.47 Å². The van der Waals surface area contributed by atoms with E-state index in [2.05, 4.69) is 29.3 Å². The van der Waals surface area contributed by atoms with E-state index in [9.17, 15) is 0 Å². The van der Waals surface area contributed by atoms with Crippen LogP contribution in [-0.2, 0) is 11.8 Å². The Morgan fingerprint density at radius 2 is 1.95 bits per heavy atom. The maximum absolute atomic E-state index is 5.95. The summed E-state index contributed by atoms with van der Waals surface area (Å²) in [6, 6.07) is 12.6. The normalized spacial score (nSPS) is 24.2. The molecule has 98 valence electrons. The zero-order valence-electron chi connectivity index (χ0n) is 10.9. The van der Waals surface area contributed by atoms with Gasteiger partial charge in [0.15, 0.2) is 0 Å². The van der Waals surface area contributed by atoms with Gasteiger partial charge in [0.2, 0.25) is 0 Å². The molecular weight excluding hydrogens is 250 g/mol. The summed E-state index contributed by atoms with van der Waals surface area (Å²) < 4.78 is 11.6. The fourth-order valence-electron chi connectivity index (χ4n) is 3.49. The van der Waals surface area contributed by atoms with Crippen molar-refractivity contribution in [1.29, 1.82) is 0 Å². The summed E-state index contributed by atoms with van der Waals surface area (Å²) in [6.45, 7) is 1.40. The van der Waals surface area contributed by atoms with Gasteiger partial charge in [-0.3, -0.25) is 4.99 Å². The second-order valence-corrected chi connectivity index (χ2v) is 5.59. The second kappa shape index (κ2) is 3.42. The quantitative estimate of drug-likeness (QED) is 0.731. The molecule has 3 aliphatic rings. The number of aliphatic imine (C=N–C) groups is 1. The highest BCUT2D eigenvalue weighted by molar-refractivity contribution is 5.91. The van der Waals surface area contributed by atoms with Crippen LogP contribution in [0.15, 0.2) is 41.4 Å². The summed E-state index contributed by atoms with van der Waals surface area (Å²) in [7, 11) is 0. The van der Waals surface area contributed by atoms with E-state index >= 15 is 0 Å². The van der Waals surface area contributed by atoms with Gasteiger partial charge in [0.1, 0.15) is 18.1 Å². The van der Waals surface area contributed by atoms with E-state index in [-0.39, 0.29) is 5.41 Å². The molecule has 2 aromatic rings. The van der Waals surface area contributed by atoms with Crippen molar-refractivity contribution in [2.45, 2.75) is 11.8 Å². The van der Waals surface area contributed by atoms with Gasteiger partial charge in [-0.2, -0.15) is 0 Å². The Bertz CT molecular complexity index is 766. The molecule has 5 rings (SSSR count). The summed E-state index contributed by atoms with van der Waals surface area (Å²) >= 11 is 0. The van der Waals surface area contributed by atoms with Crippen LogP contribution in [0.1, 0.15) is 16.7 Å². The lowest BCUT2D eigenvalue weighted by atomic mass is 9.77. The van der Waals surface area contributed by atoms with E-state index in [0.717, 1.165) is 30.2 Å². The van der Waals surface area contributed by atoms with Crippen LogP contribution in [0.25, 0.3) is 0 Å². The molecule has 0 amide bonds. The molecule has 0 unspecified atom stereocenters. The lowest BCUT2D eigenvalue weighted by Crippen LogP contribution is -2.28. The number of hydrogen-bond donors (Lipinski definition) is 0. The van der Waals surface area contributed by atoms with Gasteiger partial charge in [-0.05, 0) is 23.3 Å².